The molecule has 18 heavy (non-hydrogen) atoms. The standard InChI is InChI=1S/C13H8BrClF2O/c14-10-3-1-2-8(12(10)15)13(18)9-6-7(16)4-5-11(9)17/h1-6,13,18H. The van der Waals surface area contributed by atoms with Crippen molar-refractivity contribution in [3.05, 3.63) is 68.7 Å². The maximum atomic E-state index is 13.6. The predicted octanol–water partition coefficient (Wildman–Crippen LogP) is 4.46. The van der Waals surface area contributed by atoms with Crippen LogP contribution in [0, 0.1) is 11.6 Å². The number of hydrogen-bond acceptors (Lipinski definition) is 1. The summed E-state index contributed by atoms with van der Waals surface area (Å²) in [4.78, 5) is 0. The Kier molecular flexibility index (Phi) is 4.00. The van der Waals surface area contributed by atoms with Crippen LogP contribution in [0.25, 0.3) is 0 Å². The lowest BCUT2D eigenvalue weighted by atomic mass is 10.0. The van der Waals surface area contributed by atoms with Crippen LogP contribution in [0.15, 0.2) is 40.9 Å². The maximum Gasteiger partial charge on any atom is 0.129 e. The van der Waals surface area contributed by atoms with Gasteiger partial charge in [-0.15, -0.1) is 0 Å². The van der Waals surface area contributed by atoms with E-state index in [0.717, 1.165) is 18.2 Å². The third kappa shape index (κ3) is 2.55. The topological polar surface area (TPSA) is 20.2 Å². The SMILES string of the molecule is OC(c1cc(F)ccc1F)c1cccc(Br)c1Cl. The van der Waals surface area contributed by atoms with Crippen molar-refractivity contribution >= 4 is 27.5 Å². The summed E-state index contributed by atoms with van der Waals surface area (Å²) in [5.74, 6) is -1.29. The van der Waals surface area contributed by atoms with Gasteiger partial charge in [0.2, 0.25) is 0 Å². The monoisotopic (exact) mass is 332 g/mol. The fraction of sp³-hybridized carbons (Fsp3) is 0.0769. The Morgan fingerprint density at radius 2 is 1.83 bits per heavy atom. The molecule has 1 atom stereocenters. The Hall–Kier alpha value is -0.970. The minimum Gasteiger partial charge on any atom is -0.383 e. The molecule has 1 nitrogen and oxygen atoms in total. The van der Waals surface area contributed by atoms with Crippen molar-refractivity contribution in [2.45, 2.75) is 6.10 Å². The van der Waals surface area contributed by atoms with Crippen LogP contribution in [0.1, 0.15) is 17.2 Å². The summed E-state index contributed by atoms with van der Waals surface area (Å²) in [6.45, 7) is 0. The van der Waals surface area contributed by atoms with E-state index < -0.39 is 17.7 Å². The highest BCUT2D eigenvalue weighted by atomic mass is 79.9. The van der Waals surface area contributed by atoms with Gasteiger partial charge in [-0.05, 0) is 40.2 Å². The number of aliphatic hydroxyl groups is 1. The van der Waals surface area contributed by atoms with Crippen molar-refractivity contribution in [3.63, 3.8) is 0 Å². The molecule has 0 saturated heterocycles. The third-order valence-electron chi connectivity index (χ3n) is 2.53. The maximum absolute atomic E-state index is 13.6. The molecule has 2 rings (SSSR count). The quantitative estimate of drug-likeness (QED) is 0.860. The zero-order chi connectivity index (χ0) is 13.3. The zero-order valence-corrected chi connectivity index (χ0v) is 11.3. The molecule has 1 unspecified atom stereocenters. The molecule has 2 aromatic rings. The molecule has 0 fully saturated rings. The van der Waals surface area contributed by atoms with E-state index in [9.17, 15) is 13.9 Å². The smallest absolute Gasteiger partial charge is 0.129 e. The molecule has 0 heterocycles. The van der Waals surface area contributed by atoms with Gasteiger partial charge in [0.25, 0.3) is 0 Å². The number of aliphatic hydroxyl groups excluding tert-OH is 1. The molecule has 1 N–H and O–H groups in total. The van der Waals surface area contributed by atoms with Crippen LogP contribution in [0.4, 0.5) is 8.78 Å². The van der Waals surface area contributed by atoms with E-state index in [2.05, 4.69) is 15.9 Å². The van der Waals surface area contributed by atoms with Gasteiger partial charge < -0.3 is 5.11 Å². The van der Waals surface area contributed by atoms with Crippen molar-refractivity contribution in [2.75, 3.05) is 0 Å². The second kappa shape index (κ2) is 5.34. The van der Waals surface area contributed by atoms with Crippen LogP contribution >= 0.6 is 27.5 Å². The second-order valence-electron chi connectivity index (χ2n) is 3.71. The average molecular weight is 334 g/mol. The van der Waals surface area contributed by atoms with Crippen LogP contribution in [0.3, 0.4) is 0 Å². The molecule has 0 amide bonds. The molecular formula is C13H8BrClF2O. The molecule has 0 saturated carbocycles. The van der Waals surface area contributed by atoms with Gasteiger partial charge in [0.15, 0.2) is 0 Å². The van der Waals surface area contributed by atoms with Crippen molar-refractivity contribution in [3.8, 4) is 0 Å². The Balaban J connectivity index is 2.51. The predicted molar refractivity (Wildman–Crippen MR) is 69.6 cm³/mol. The molecule has 0 radical (unpaired) electrons. The molecule has 5 heteroatoms. The van der Waals surface area contributed by atoms with Gasteiger partial charge in [-0.2, -0.15) is 0 Å². The van der Waals surface area contributed by atoms with Crippen molar-refractivity contribution in [1.82, 2.24) is 0 Å². The largest absolute Gasteiger partial charge is 0.383 e. The summed E-state index contributed by atoms with van der Waals surface area (Å²) in [6, 6.07) is 7.83. The number of halogens is 4. The van der Waals surface area contributed by atoms with Crippen molar-refractivity contribution < 1.29 is 13.9 Å². The highest BCUT2D eigenvalue weighted by Gasteiger charge is 2.19. The van der Waals surface area contributed by atoms with E-state index in [0.29, 0.717) is 10.0 Å². The molecule has 0 aliphatic carbocycles. The highest BCUT2D eigenvalue weighted by Crippen LogP contribution is 2.34. The molecule has 2 aromatic carbocycles. The first-order valence-corrected chi connectivity index (χ1v) is 6.24. The molecular weight excluding hydrogens is 325 g/mol. The van der Waals surface area contributed by atoms with Crippen molar-refractivity contribution in [1.29, 1.82) is 0 Å². The summed E-state index contributed by atoms with van der Waals surface area (Å²) in [6.07, 6.45) is -1.31. The average Bonchev–Trinajstić information content (AvgIpc) is 2.35. The molecule has 94 valence electrons. The van der Waals surface area contributed by atoms with Crippen LogP contribution in [-0.2, 0) is 0 Å². The second-order valence-corrected chi connectivity index (χ2v) is 4.94. The molecule has 0 bridgehead atoms. The molecule has 0 aromatic heterocycles. The summed E-state index contributed by atoms with van der Waals surface area (Å²) in [5.41, 5.74) is 0.172. The van der Waals surface area contributed by atoms with Gasteiger partial charge in [-0.1, -0.05) is 23.7 Å². The first-order chi connectivity index (χ1) is 8.50. The first-order valence-electron chi connectivity index (χ1n) is 5.07. The van der Waals surface area contributed by atoms with E-state index in [1.54, 1.807) is 18.2 Å². The summed E-state index contributed by atoms with van der Waals surface area (Å²) < 4.78 is 27.2. The minimum atomic E-state index is -1.31. The lowest BCUT2D eigenvalue weighted by molar-refractivity contribution is 0.214. The van der Waals surface area contributed by atoms with Crippen LogP contribution in [0.2, 0.25) is 5.02 Å². The Labute approximate surface area is 116 Å². The van der Waals surface area contributed by atoms with Gasteiger partial charge >= 0.3 is 0 Å². The van der Waals surface area contributed by atoms with E-state index in [-0.39, 0.29) is 10.6 Å². The number of benzene rings is 2. The Morgan fingerprint density at radius 3 is 2.56 bits per heavy atom. The minimum absolute atomic E-state index is 0.144. The normalized spacial score (nSPS) is 12.5. The third-order valence-corrected chi connectivity index (χ3v) is 3.84. The fourth-order valence-corrected chi connectivity index (χ4v) is 2.23. The van der Waals surface area contributed by atoms with E-state index in [4.69, 9.17) is 11.6 Å². The van der Waals surface area contributed by atoms with Gasteiger partial charge in [-0.25, -0.2) is 8.78 Å². The van der Waals surface area contributed by atoms with Crippen LogP contribution in [0.5, 0.6) is 0 Å². The van der Waals surface area contributed by atoms with E-state index in [1.807, 2.05) is 0 Å². The van der Waals surface area contributed by atoms with Gasteiger partial charge in [0.1, 0.15) is 17.7 Å². The molecule has 0 aliphatic heterocycles. The van der Waals surface area contributed by atoms with Crippen molar-refractivity contribution in [2.24, 2.45) is 0 Å². The van der Waals surface area contributed by atoms with Crippen LogP contribution < -0.4 is 0 Å². The number of rotatable bonds is 2. The lowest BCUT2D eigenvalue weighted by Crippen LogP contribution is -2.04. The Bertz CT molecular complexity index is 587. The van der Waals surface area contributed by atoms with Crippen LogP contribution in [-0.4, -0.2) is 5.11 Å². The van der Waals surface area contributed by atoms with Gasteiger partial charge in [0, 0.05) is 15.6 Å². The Morgan fingerprint density at radius 1 is 1.11 bits per heavy atom. The van der Waals surface area contributed by atoms with E-state index >= 15 is 0 Å². The summed E-state index contributed by atoms with van der Waals surface area (Å²) >= 11 is 9.22. The lowest BCUT2D eigenvalue weighted by Gasteiger charge is -2.14. The van der Waals surface area contributed by atoms with Gasteiger partial charge in [0.05, 0.1) is 5.02 Å². The van der Waals surface area contributed by atoms with Gasteiger partial charge in [-0.3, -0.25) is 0 Å². The molecule has 0 aliphatic rings. The zero-order valence-electron chi connectivity index (χ0n) is 9.00. The summed E-state index contributed by atoms with van der Waals surface area (Å²) in [5, 5.41) is 10.4. The number of hydrogen-bond donors (Lipinski definition) is 1. The summed E-state index contributed by atoms with van der Waals surface area (Å²) in [7, 11) is 0. The van der Waals surface area contributed by atoms with E-state index in [1.165, 1.54) is 0 Å². The molecule has 0 spiro atoms. The highest BCUT2D eigenvalue weighted by molar-refractivity contribution is 9.10. The fourth-order valence-electron chi connectivity index (χ4n) is 1.62. The first kappa shape index (κ1) is 13.5.